The summed E-state index contributed by atoms with van der Waals surface area (Å²) in [6, 6.07) is 7.37. The highest BCUT2D eigenvalue weighted by molar-refractivity contribution is 6.60. The summed E-state index contributed by atoms with van der Waals surface area (Å²) in [4.78, 5) is 0. The molecule has 0 amide bonds. The lowest BCUT2D eigenvalue weighted by molar-refractivity contribution is 0.436. The number of rotatable bonds is 3. The molecule has 6 heteroatoms. The van der Waals surface area contributed by atoms with Gasteiger partial charge in [-0.15, -0.1) is 0 Å². The summed E-state index contributed by atoms with van der Waals surface area (Å²) in [5, 5.41) is 0.838. The summed E-state index contributed by atoms with van der Waals surface area (Å²) in [6.45, 7) is -4.98. The van der Waals surface area contributed by atoms with Crippen molar-refractivity contribution in [2.24, 2.45) is 12.8 Å². The molecule has 2 aromatic rings. The van der Waals surface area contributed by atoms with Crippen LogP contribution >= 0.6 is 0 Å². The van der Waals surface area contributed by atoms with Gasteiger partial charge in [-0.25, -0.2) is 0 Å². The standard InChI is InChI=1S/C11H13BF3N2/c1-17-7-8(6-11(16)12(13,14)15)9-4-2-3-5-10(9)17/h2-5,7,11H,6,16H2,1H3/q-1. The Bertz CT molecular complexity index is 533. The average Bonchev–Trinajstić information content (AvgIpc) is 2.56. The SMILES string of the molecule is Cn1cc(CC(N)[B-](F)(F)F)c2ccccc21. The number of nitrogens with zero attached hydrogens (tertiary/aromatic N) is 1. The average molecular weight is 241 g/mol. The normalized spacial score (nSPS) is 14.2. The van der Waals surface area contributed by atoms with Gasteiger partial charge in [0.15, 0.2) is 0 Å². The minimum atomic E-state index is -4.98. The van der Waals surface area contributed by atoms with Crippen LogP contribution in [0.4, 0.5) is 12.9 Å². The predicted octanol–water partition coefficient (Wildman–Crippen LogP) is 2.43. The molecule has 1 atom stereocenters. The highest BCUT2D eigenvalue weighted by Crippen LogP contribution is 2.24. The zero-order valence-corrected chi connectivity index (χ0v) is 9.41. The molecule has 0 aliphatic heterocycles. The maximum absolute atomic E-state index is 12.5. The molecular weight excluding hydrogens is 228 g/mol. The van der Waals surface area contributed by atoms with Crippen molar-refractivity contribution in [3.8, 4) is 0 Å². The van der Waals surface area contributed by atoms with Crippen molar-refractivity contribution in [2.75, 3.05) is 0 Å². The number of hydrogen-bond donors (Lipinski definition) is 1. The Hall–Kier alpha value is -1.43. The second-order valence-electron chi connectivity index (χ2n) is 4.28. The van der Waals surface area contributed by atoms with E-state index in [9.17, 15) is 12.9 Å². The van der Waals surface area contributed by atoms with E-state index in [1.54, 1.807) is 6.20 Å². The van der Waals surface area contributed by atoms with Gasteiger partial charge in [-0.2, -0.15) is 0 Å². The zero-order valence-electron chi connectivity index (χ0n) is 9.41. The number of halogens is 3. The molecule has 2 N–H and O–H groups in total. The van der Waals surface area contributed by atoms with E-state index < -0.39 is 12.9 Å². The minimum absolute atomic E-state index is 0.162. The van der Waals surface area contributed by atoms with Gasteiger partial charge in [0.05, 0.1) is 0 Å². The van der Waals surface area contributed by atoms with E-state index >= 15 is 0 Å². The van der Waals surface area contributed by atoms with Crippen LogP contribution < -0.4 is 5.73 Å². The van der Waals surface area contributed by atoms with E-state index in [4.69, 9.17) is 5.73 Å². The summed E-state index contributed by atoms with van der Waals surface area (Å²) in [7, 11) is 1.82. The lowest BCUT2D eigenvalue weighted by Gasteiger charge is -2.22. The third kappa shape index (κ3) is 2.31. The highest BCUT2D eigenvalue weighted by Gasteiger charge is 2.32. The van der Waals surface area contributed by atoms with Crippen LogP contribution in [0.3, 0.4) is 0 Å². The molecule has 1 heterocycles. The third-order valence-corrected chi connectivity index (χ3v) is 2.92. The monoisotopic (exact) mass is 241 g/mol. The van der Waals surface area contributed by atoms with Crippen molar-refractivity contribution < 1.29 is 12.9 Å². The molecule has 2 rings (SSSR count). The second kappa shape index (κ2) is 4.11. The Morgan fingerprint density at radius 1 is 1.29 bits per heavy atom. The molecule has 17 heavy (non-hydrogen) atoms. The van der Waals surface area contributed by atoms with Crippen LogP contribution in [0.5, 0.6) is 0 Å². The maximum atomic E-state index is 12.5. The van der Waals surface area contributed by atoms with Crippen molar-refractivity contribution >= 4 is 17.9 Å². The minimum Gasteiger partial charge on any atom is -0.448 e. The van der Waals surface area contributed by atoms with Gasteiger partial charge in [-0.05, 0) is 24.0 Å². The molecule has 0 radical (unpaired) electrons. The lowest BCUT2D eigenvalue weighted by atomic mass is 9.76. The first-order valence-electron chi connectivity index (χ1n) is 5.38. The number of para-hydroxylation sites is 1. The van der Waals surface area contributed by atoms with Gasteiger partial charge < -0.3 is 23.2 Å². The Labute approximate surface area is 97.3 Å². The predicted molar refractivity (Wildman–Crippen MR) is 63.7 cm³/mol. The summed E-state index contributed by atoms with van der Waals surface area (Å²) < 4.78 is 39.2. The number of fused-ring (bicyclic) bond motifs is 1. The van der Waals surface area contributed by atoms with Crippen LogP contribution in [0.1, 0.15) is 5.56 Å². The highest BCUT2D eigenvalue weighted by atomic mass is 19.4. The Morgan fingerprint density at radius 2 is 1.94 bits per heavy atom. The molecular formula is C11H13BF3N2-. The van der Waals surface area contributed by atoms with Gasteiger partial charge >= 0.3 is 6.98 Å². The molecule has 1 aromatic heterocycles. The summed E-state index contributed by atoms with van der Waals surface area (Å²) in [5.74, 6) is -1.75. The van der Waals surface area contributed by atoms with Gasteiger partial charge in [0.1, 0.15) is 0 Å². The van der Waals surface area contributed by atoms with E-state index in [-0.39, 0.29) is 6.42 Å². The molecule has 0 saturated heterocycles. The van der Waals surface area contributed by atoms with Crippen molar-refractivity contribution in [2.45, 2.75) is 12.4 Å². The van der Waals surface area contributed by atoms with E-state index in [1.165, 1.54) is 0 Å². The molecule has 1 aromatic carbocycles. The molecule has 0 bridgehead atoms. The maximum Gasteiger partial charge on any atom is 0.494 e. The van der Waals surface area contributed by atoms with Gasteiger partial charge in [0, 0.05) is 24.1 Å². The van der Waals surface area contributed by atoms with Crippen LogP contribution in [-0.4, -0.2) is 17.5 Å². The van der Waals surface area contributed by atoms with Crippen LogP contribution in [0.25, 0.3) is 10.9 Å². The molecule has 0 spiro atoms. The third-order valence-electron chi connectivity index (χ3n) is 2.92. The Balaban J connectivity index is 2.37. The summed E-state index contributed by atoms with van der Waals surface area (Å²) in [6.07, 6.45) is 1.55. The zero-order chi connectivity index (χ0) is 12.6. The molecule has 0 fully saturated rings. The van der Waals surface area contributed by atoms with E-state index in [0.717, 1.165) is 10.9 Å². The molecule has 1 unspecified atom stereocenters. The number of benzene rings is 1. The molecule has 0 aliphatic carbocycles. The Morgan fingerprint density at radius 3 is 2.59 bits per heavy atom. The first-order valence-corrected chi connectivity index (χ1v) is 5.38. The van der Waals surface area contributed by atoms with Crippen LogP contribution in [0.2, 0.25) is 0 Å². The number of hydrogen-bond acceptors (Lipinski definition) is 1. The fourth-order valence-corrected chi connectivity index (χ4v) is 1.98. The molecule has 0 saturated carbocycles. The van der Waals surface area contributed by atoms with Gasteiger partial charge in [-0.1, -0.05) is 18.2 Å². The Kier molecular flexibility index (Phi) is 2.91. The fraction of sp³-hybridized carbons (Fsp3) is 0.273. The summed E-state index contributed by atoms with van der Waals surface area (Å²) in [5.41, 5.74) is 6.75. The number of nitrogens with two attached hydrogens (primary N) is 1. The molecule has 0 aliphatic rings. The van der Waals surface area contributed by atoms with Crippen LogP contribution in [0, 0.1) is 0 Å². The molecule has 2 nitrogen and oxygen atoms in total. The number of aryl methyl sites for hydroxylation is 1. The molecule has 92 valence electrons. The van der Waals surface area contributed by atoms with Crippen molar-refractivity contribution in [3.63, 3.8) is 0 Å². The largest absolute Gasteiger partial charge is 0.494 e. The smallest absolute Gasteiger partial charge is 0.448 e. The van der Waals surface area contributed by atoms with Gasteiger partial charge in [0.25, 0.3) is 0 Å². The van der Waals surface area contributed by atoms with E-state index in [2.05, 4.69) is 0 Å². The van der Waals surface area contributed by atoms with Crippen molar-refractivity contribution in [3.05, 3.63) is 36.0 Å². The van der Waals surface area contributed by atoms with Gasteiger partial charge in [0.2, 0.25) is 0 Å². The first kappa shape index (κ1) is 12.0. The van der Waals surface area contributed by atoms with Crippen molar-refractivity contribution in [1.29, 1.82) is 0 Å². The number of aromatic nitrogens is 1. The van der Waals surface area contributed by atoms with E-state index in [1.807, 2.05) is 35.9 Å². The van der Waals surface area contributed by atoms with Crippen LogP contribution in [0.15, 0.2) is 30.5 Å². The van der Waals surface area contributed by atoms with Gasteiger partial charge in [-0.3, -0.25) is 0 Å². The fourth-order valence-electron chi connectivity index (χ4n) is 1.98. The summed E-state index contributed by atoms with van der Waals surface area (Å²) >= 11 is 0. The quantitative estimate of drug-likeness (QED) is 0.822. The lowest BCUT2D eigenvalue weighted by Crippen LogP contribution is -2.44. The second-order valence-corrected chi connectivity index (χ2v) is 4.28. The van der Waals surface area contributed by atoms with E-state index in [0.29, 0.717) is 5.56 Å². The first-order chi connectivity index (χ1) is 7.89. The van der Waals surface area contributed by atoms with Crippen LogP contribution in [-0.2, 0) is 13.5 Å². The topological polar surface area (TPSA) is 30.9 Å². The van der Waals surface area contributed by atoms with Crippen molar-refractivity contribution in [1.82, 2.24) is 4.57 Å².